The van der Waals surface area contributed by atoms with E-state index in [0.29, 0.717) is 5.56 Å². The smallest absolute Gasteiger partial charge is 0.227 e. The predicted octanol–water partition coefficient (Wildman–Crippen LogP) is 2.94. The monoisotopic (exact) mass is 358 g/mol. The second-order valence-corrected chi connectivity index (χ2v) is 7.24. The third kappa shape index (κ3) is 2.88. The minimum Gasteiger partial charge on any atom is -0.385 e. The van der Waals surface area contributed by atoms with Crippen LogP contribution in [0.1, 0.15) is 36.8 Å². The number of carbonyl (C=O) groups excluding carboxylic acids is 1. The summed E-state index contributed by atoms with van der Waals surface area (Å²) in [5.74, 6) is -1.20. The van der Waals surface area contributed by atoms with E-state index in [0.717, 1.165) is 12.8 Å². The van der Waals surface area contributed by atoms with Gasteiger partial charge < -0.3 is 10.0 Å². The first-order valence-corrected chi connectivity index (χ1v) is 8.86. The van der Waals surface area contributed by atoms with E-state index in [-0.39, 0.29) is 48.6 Å². The minimum absolute atomic E-state index is 0.000639. The van der Waals surface area contributed by atoms with Gasteiger partial charge in [-0.05, 0) is 30.5 Å². The van der Waals surface area contributed by atoms with Gasteiger partial charge in [0, 0.05) is 36.7 Å². The van der Waals surface area contributed by atoms with Gasteiger partial charge in [0.05, 0.1) is 12.0 Å². The maximum atomic E-state index is 14.1. The van der Waals surface area contributed by atoms with Crippen molar-refractivity contribution >= 4 is 5.91 Å². The Morgan fingerprint density at radius 1 is 1.15 bits per heavy atom. The molecule has 136 valence electrons. The van der Waals surface area contributed by atoms with Gasteiger partial charge in [0.1, 0.15) is 5.82 Å². The highest BCUT2D eigenvalue weighted by Gasteiger charge is 2.50. The van der Waals surface area contributed by atoms with E-state index in [9.17, 15) is 18.7 Å². The Bertz CT molecular complexity index is 828. The summed E-state index contributed by atoms with van der Waals surface area (Å²) in [7, 11) is 0. The number of carbonyl (C=O) groups is 1. The van der Waals surface area contributed by atoms with Crippen molar-refractivity contribution in [3.05, 3.63) is 65.5 Å². The van der Waals surface area contributed by atoms with Gasteiger partial charge >= 0.3 is 0 Å². The average Bonchev–Trinajstić information content (AvgIpc) is 2.90. The van der Waals surface area contributed by atoms with Crippen LogP contribution in [-0.4, -0.2) is 33.0 Å². The van der Waals surface area contributed by atoms with Crippen molar-refractivity contribution in [2.75, 3.05) is 0 Å². The first kappa shape index (κ1) is 17.1. The summed E-state index contributed by atoms with van der Waals surface area (Å²) in [4.78, 5) is 18.2. The number of fused-ring (bicyclic) bond motifs is 2. The molecular weight excluding hydrogens is 338 g/mol. The SMILES string of the molecule is O=C(Cc1ccccc1F)N1[C@@H]2CC[C@H]1CC(O)(c1cccnc1F)C2. The lowest BCUT2D eigenvalue weighted by molar-refractivity contribution is -0.141. The Morgan fingerprint density at radius 3 is 2.50 bits per heavy atom. The number of hydrogen-bond donors (Lipinski definition) is 1. The van der Waals surface area contributed by atoms with Gasteiger partial charge in [-0.25, -0.2) is 9.37 Å². The lowest BCUT2D eigenvalue weighted by Crippen LogP contribution is -2.52. The van der Waals surface area contributed by atoms with E-state index >= 15 is 0 Å². The third-order valence-corrected chi connectivity index (χ3v) is 5.61. The quantitative estimate of drug-likeness (QED) is 0.859. The highest BCUT2D eigenvalue weighted by atomic mass is 19.1. The first-order valence-electron chi connectivity index (χ1n) is 8.86. The van der Waals surface area contributed by atoms with Crippen molar-refractivity contribution in [1.82, 2.24) is 9.88 Å². The maximum absolute atomic E-state index is 14.1. The molecule has 1 aromatic carbocycles. The number of aromatic nitrogens is 1. The van der Waals surface area contributed by atoms with Crippen LogP contribution >= 0.6 is 0 Å². The molecule has 3 atom stereocenters. The van der Waals surface area contributed by atoms with Gasteiger partial charge in [-0.3, -0.25) is 4.79 Å². The van der Waals surface area contributed by atoms with Crippen molar-refractivity contribution in [3.8, 4) is 0 Å². The van der Waals surface area contributed by atoms with E-state index in [2.05, 4.69) is 4.98 Å². The van der Waals surface area contributed by atoms with Gasteiger partial charge in [-0.2, -0.15) is 4.39 Å². The van der Waals surface area contributed by atoms with Gasteiger partial charge in [-0.1, -0.05) is 24.3 Å². The summed E-state index contributed by atoms with van der Waals surface area (Å²) in [5.41, 5.74) is -0.756. The van der Waals surface area contributed by atoms with Crippen molar-refractivity contribution in [3.63, 3.8) is 0 Å². The highest BCUT2D eigenvalue weighted by Crippen LogP contribution is 2.46. The van der Waals surface area contributed by atoms with E-state index in [1.807, 2.05) is 0 Å². The fourth-order valence-electron chi connectivity index (χ4n) is 4.48. The molecule has 2 saturated heterocycles. The van der Waals surface area contributed by atoms with Crippen LogP contribution in [0.15, 0.2) is 42.6 Å². The molecule has 2 aliphatic rings. The average molecular weight is 358 g/mol. The molecule has 1 unspecified atom stereocenters. The van der Waals surface area contributed by atoms with Crippen LogP contribution in [-0.2, 0) is 16.8 Å². The zero-order valence-electron chi connectivity index (χ0n) is 14.2. The minimum atomic E-state index is -1.32. The zero-order chi connectivity index (χ0) is 18.3. The molecule has 1 N–H and O–H groups in total. The molecule has 0 aliphatic carbocycles. The molecule has 2 aliphatic heterocycles. The summed E-state index contributed by atoms with van der Waals surface area (Å²) >= 11 is 0. The second-order valence-electron chi connectivity index (χ2n) is 7.24. The molecule has 0 radical (unpaired) electrons. The van der Waals surface area contributed by atoms with Gasteiger partial charge in [0.2, 0.25) is 11.9 Å². The second kappa shape index (κ2) is 6.43. The van der Waals surface area contributed by atoms with Crippen molar-refractivity contribution < 1.29 is 18.7 Å². The molecule has 3 heterocycles. The molecule has 4 nitrogen and oxygen atoms in total. The Morgan fingerprint density at radius 2 is 1.85 bits per heavy atom. The van der Waals surface area contributed by atoms with Crippen molar-refractivity contribution in [1.29, 1.82) is 0 Å². The largest absolute Gasteiger partial charge is 0.385 e. The molecule has 6 heteroatoms. The lowest BCUT2D eigenvalue weighted by Gasteiger charge is -2.44. The van der Waals surface area contributed by atoms with Crippen LogP contribution in [0.3, 0.4) is 0 Å². The number of amides is 1. The zero-order valence-corrected chi connectivity index (χ0v) is 14.2. The molecule has 1 amide bonds. The van der Waals surface area contributed by atoms with Crippen LogP contribution in [0.4, 0.5) is 8.78 Å². The molecule has 0 saturated carbocycles. The normalized spacial score (nSPS) is 27.6. The Balaban J connectivity index is 1.55. The fourth-order valence-corrected chi connectivity index (χ4v) is 4.48. The number of pyridine rings is 1. The molecular formula is C20H20F2N2O2. The van der Waals surface area contributed by atoms with Crippen molar-refractivity contribution in [2.24, 2.45) is 0 Å². The van der Waals surface area contributed by atoms with Gasteiger partial charge in [0.25, 0.3) is 0 Å². The summed E-state index contributed by atoms with van der Waals surface area (Å²) in [6.07, 6.45) is 3.42. The molecule has 4 rings (SSSR count). The van der Waals surface area contributed by atoms with Crippen LogP contribution in [0.25, 0.3) is 0 Å². The predicted molar refractivity (Wildman–Crippen MR) is 91.1 cm³/mol. The molecule has 2 fully saturated rings. The molecule has 2 bridgehead atoms. The maximum Gasteiger partial charge on any atom is 0.227 e. The standard InChI is InChI=1S/C20H20F2N2O2/c21-17-6-2-1-4-13(17)10-18(25)24-14-7-8-15(24)12-20(26,11-14)16-5-3-9-23-19(16)22/h1-6,9,14-15,26H,7-8,10-12H2/t14-,15+,20?. The van der Waals surface area contributed by atoms with Crippen molar-refractivity contribution in [2.45, 2.75) is 49.8 Å². The molecule has 0 spiro atoms. The van der Waals surface area contributed by atoms with Crippen LogP contribution in [0.5, 0.6) is 0 Å². The topological polar surface area (TPSA) is 53.4 Å². The number of aliphatic hydroxyl groups is 1. The fraction of sp³-hybridized carbons (Fsp3) is 0.400. The number of halogens is 2. The molecule has 1 aromatic heterocycles. The lowest BCUT2D eigenvalue weighted by atomic mass is 9.80. The van der Waals surface area contributed by atoms with E-state index in [1.54, 1.807) is 35.2 Å². The first-order chi connectivity index (χ1) is 12.5. The third-order valence-electron chi connectivity index (χ3n) is 5.61. The Labute approximate surface area is 150 Å². The van der Waals surface area contributed by atoms with Crippen LogP contribution in [0.2, 0.25) is 0 Å². The molecule has 2 aromatic rings. The van der Waals surface area contributed by atoms with Gasteiger partial charge in [0.15, 0.2) is 0 Å². The summed E-state index contributed by atoms with van der Waals surface area (Å²) in [6.45, 7) is 0. The Kier molecular flexibility index (Phi) is 4.23. The van der Waals surface area contributed by atoms with E-state index in [1.165, 1.54) is 12.3 Å². The number of benzene rings is 1. The highest BCUT2D eigenvalue weighted by molar-refractivity contribution is 5.80. The summed E-state index contributed by atoms with van der Waals surface area (Å²) < 4.78 is 27.9. The number of hydrogen-bond acceptors (Lipinski definition) is 3. The summed E-state index contributed by atoms with van der Waals surface area (Å²) in [6, 6.07) is 9.08. The number of piperidine rings is 1. The summed E-state index contributed by atoms with van der Waals surface area (Å²) in [5, 5.41) is 11.1. The number of nitrogens with zero attached hydrogens (tertiary/aromatic N) is 2. The van der Waals surface area contributed by atoms with Crippen LogP contribution < -0.4 is 0 Å². The Hall–Kier alpha value is -2.34. The van der Waals surface area contributed by atoms with Crippen LogP contribution in [0, 0.1) is 11.8 Å². The van der Waals surface area contributed by atoms with E-state index in [4.69, 9.17) is 0 Å². The molecule has 26 heavy (non-hydrogen) atoms. The number of rotatable bonds is 3. The van der Waals surface area contributed by atoms with Gasteiger partial charge in [-0.15, -0.1) is 0 Å². The van der Waals surface area contributed by atoms with E-state index < -0.39 is 11.5 Å².